The average molecular weight is 215 g/mol. The second-order valence-electron chi connectivity index (χ2n) is 2.64. The van der Waals surface area contributed by atoms with Gasteiger partial charge >= 0.3 is 0 Å². The van der Waals surface area contributed by atoms with Gasteiger partial charge in [-0.1, -0.05) is 0 Å². The van der Waals surface area contributed by atoms with Crippen molar-refractivity contribution in [2.24, 2.45) is 0 Å². The summed E-state index contributed by atoms with van der Waals surface area (Å²) < 4.78 is 0.664. The average Bonchev–Trinajstić information content (AvgIpc) is 2.34. The second-order valence-corrected chi connectivity index (χ2v) is 3.40. The lowest BCUT2D eigenvalue weighted by molar-refractivity contribution is 0.0971. The van der Waals surface area contributed by atoms with Crippen LogP contribution in [0.4, 0.5) is 0 Å². The Morgan fingerprint density at radius 1 is 1.45 bits per heavy atom. The standard InChI is InChI=1S/C7H7BrN2O/c8-7-6-4(9-10-7)2-1-3-5(6)11/h1-3H2,(H,9,10). The van der Waals surface area contributed by atoms with Gasteiger partial charge in [-0.25, -0.2) is 0 Å². The number of Topliss-reactive ketones (excluding diaryl/α,β-unsaturated/α-hetero) is 1. The molecule has 0 spiro atoms. The topological polar surface area (TPSA) is 45.8 Å². The zero-order chi connectivity index (χ0) is 7.84. The van der Waals surface area contributed by atoms with Gasteiger partial charge < -0.3 is 0 Å². The van der Waals surface area contributed by atoms with Gasteiger partial charge in [-0.15, -0.1) is 0 Å². The molecular formula is C7H7BrN2O. The summed E-state index contributed by atoms with van der Waals surface area (Å²) in [5.74, 6) is 0.201. The lowest BCUT2D eigenvalue weighted by Crippen LogP contribution is -2.09. The molecule has 1 aromatic rings. The van der Waals surface area contributed by atoms with Gasteiger partial charge in [-0.3, -0.25) is 9.89 Å². The number of carbonyl (C=O) groups is 1. The first-order valence-corrected chi connectivity index (χ1v) is 4.34. The molecule has 0 fully saturated rings. The third kappa shape index (κ3) is 1.01. The van der Waals surface area contributed by atoms with Crippen LogP contribution in [0.1, 0.15) is 28.9 Å². The molecule has 2 rings (SSSR count). The van der Waals surface area contributed by atoms with Gasteiger partial charge in [0.2, 0.25) is 0 Å². The van der Waals surface area contributed by atoms with Crippen LogP contribution in [0.25, 0.3) is 0 Å². The number of hydrogen-bond acceptors (Lipinski definition) is 2. The molecule has 0 saturated carbocycles. The lowest BCUT2D eigenvalue weighted by Gasteiger charge is -2.07. The molecule has 0 unspecified atom stereocenters. The molecule has 0 aromatic carbocycles. The molecule has 1 aliphatic rings. The quantitative estimate of drug-likeness (QED) is 0.715. The molecule has 3 nitrogen and oxygen atoms in total. The fourth-order valence-electron chi connectivity index (χ4n) is 1.37. The zero-order valence-corrected chi connectivity index (χ0v) is 7.44. The summed E-state index contributed by atoms with van der Waals surface area (Å²) in [6.45, 7) is 0. The maximum Gasteiger partial charge on any atom is 0.167 e. The van der Waals surface area contributed by atoms with Crippen molar-refractivity contribution in [3.63, 3.8) is 0 Å². The van der Waals surface area contributed by atoms with Gasteiger partial charge in [-0.2, -0.15) is 5.10 Å². The number of fused-ring (bicyclic) bond motifs is 1. The second kappa shape index (κ2) is 2.44. The maximum absolute atomic E-state index is 11.3. The molecule has 0 bridgehead atoms. The van der Waals surface area contributed by atoms with Crippen molar-refractivity contribution in [3.05, 3.63) is 15.9 Å². The van der Waals surface area contributed by atoms with Gasteiger partial charge in [0.15, 0.2) is 5.78 Å². The Morgan fingerprint density at radius 3 is 3.00 bits per heavy atom. The molecule has 4 heteroatoms. The summed E-state index contributed by atoms with van der Waals surface area (Å²) in [6, 6.07) is 0. The molecule has 1 aromatic heterocycles. The van der Waals surface area contributed by atoms with Crippen molar-refractivity contribution >= 4 is 21.7 Å². The third-order valence-electron chi connectivity index (χ3n) is 1.91. The first-order chi connectivity index (χ1) is 5.29. The minimum Gasteiger partial charge on any atom is -0.294 e. The van der Waals surface area contributed by atoms with E-state index in [0.717, 1.165) is 24.1 Å². The first-order valence-electron chi connectivity index (χ1n) is 3.55. The van der Waals surface area contributed by atoms with E-state index in [9.17, 15) is 4.79 Å². The van der Waals surface area contributed by atoms with E-state index in [1.165, 1.54) is 0 Å². The van der Waals surface area contributed by atoms with Crippen LogP contribution in [0.2, 0.25) is 0 Å². The Kier molecular flexibility index (Phi) is 1.56. The monoisotopic (exact) mass is 214 g/mol. The van der Waals surface area contributed by atoms with Crippen LogP contribution in [0.3, 0.4) is 0 Å². The molecule has 0 radical (unpaired) electrons. The number of nitrogens with zero attached hydrogens (tertiary/aromatic N) is 1. The Morgan fingerprint density at radius 2 is 2.27 bits per heavy atom. The van der Waals surface area contributed by atoms with E-state index in [2.05, 4.69) is 26.1 Å². The van der Waals surface area contributed by atoms with E-state index in [0.29, 0.717) is 11.0 Å². The van der Waals surface area contributed by atoms with Gasteiger partial charge in [0.25, 0.3) is 0 Å². The van der Waals surface area contributed by atoms with Crippen LogP contribution >= 0.6 is 15.9 Å². The normalized spacial score (nSPS) is 16.6. The predicted molar refractivity (Wildman–Crippen MR) is 43.6 cm³/mol. The molecule has 0 atom stereocenters. The molecule has 0 amide bonds. The summed E-state index contributed by atoms with van der Waals surface area (Å²) in [7, 11) is 0. The Bertz CT molecular complexity index is 305. The molecule has 1 heterocycles. The highest BCUT2D eigenvalue weighted by Gasteiger charge is 2.22. The number of rotatable bonds is 0. The van der Waals surface area contributed by atoms with Crippen molar-refractivity contribution in [2.45, 2.75) is 19.3 Å². The van der Waals surface area contributed by atoms with E-state index < -0.39 is 0 Å². The molecule has 1 aliphatic carbocycles. The summed E-state index contributed by atoms with van der Waals surface area (Å²) in [6.07, 6.45) is 2.55. The Labute approximate surface area is 72.3 Å². The zero-order valence-electron chi connectivity index (χ0n) is 5.85. The minimum atomic E-state index is 0.201. The highest BCUT2D eigenvalue weighted by molar-refractivity contribution is 9.10. The van der Waals surface area contributed by atoms with Crippen LogP contribution < -0.4 is 0 Å². The number of halogens is 1. The van der Waals surface area contributed by atoms with Crippen molar-refractivity contribution in [1.82, 2.24) is 10.2 Å². The molecule has 1 N–H and O–H groups in total. The van der Waals surface area contributed by atoms with Gasteiger partial charge in [0, 0.05) is 12.1 Å². The van der Waals surface area contributed by atoms with Gasteiger partial charge in [0.1, 0.15) is 4.60 Å². The van der Waals surface area contributed by atoms with Crippen molar-refractivity contribution in [2.75, 3.05) is 0 Å². The number of aromatic amines is 1. The van der Waals surface area contributed by atoms with Crippen LogP contribution in [0, 0.1) is 0 Å². The van der Waals surface area contributed by atoms with E-state index >= 15 is 0 Å². The molecule has 11 heavy (non-hydrogen) atoms. The lowest BCUT2D eigenvalue weighted by atomic mass is 9.97. The Hall–Kier alpha value is -0.640. The number of ketones is 1. The van der Waals surface area contributed by atoms with Crippen LogP contribution in [-0.4, -0.2) is 16.0 Å². The first kappa shape index (κ1) is 7.03. The van der Waals surface area contributed by atoms with Crippen molar-refractivity contribution in [3.8, 4) is 0 Å². The molecular weight excluding hydrogens is 208 g/mol. The van der Waals surface area contributed by atoms with Crippen LogP contribution in [0.5, 0.6) is 0 Å². The fraction of sp³-hybridized carbons (Fsp3) is 0.429. The van der Waals surface area contributed by atoms with Crippen LogP contribution in [0.15, 0.2) is 4.60 Å². The number of aryl methyl sites for hydroxylation is 1. The predicted octanol–water partition coefficient (Wildman–Crippen LogP) is 1.69. The third-order valence-corrected chi connectivity index (χ3v) is 2.48. The van der Waals surface area contributed by atoms with Crippen molar-refractivity contribution in [1.29, 1.82) is 0 Å². The van der Waals surface area contributed by atoms with Crippen LogP contribution in [-0.2, 0) is 6.42 Å². The number of H-pyrrole nitrogens is 1. The Balaban J connectivity index is 2.56. The molecule has 58 valence electrons. The van der Waals surface area contributed by atoms with Crippen molar-refractivity contribution < 1.29 is 4.79 Å². The SMILES string of the molecule is O=C1CCCc2[nH]nc(Br)c21. The summed E-state index contributed by atoms with van der Waals surface area (Å²) in [4.78, 5) is 11.3. The maximum atomic E-state index is 11.3. The smallest absolute Gasteiger partial charge is 0.167 e. The number of aromatic nitrogens is 2. The number of carbonyl (C=O) groups excluding carboxylic acids is 1. The summed E-state index contributed by atoms with van der Waals surface area (Å²) in [5, 5.41) is 6.76. The highest BCUT2D eigenvalue weighted by Crippen LogP contribution is 2.25. The fourth-order valence-corrected chi connectivity index (χ4v) is 1.92. The van der Waals surface area contributed by atoms with Gasteiger partial charge in [-0.05, 0) is 28.8 Å². The van der Waals surface area contributed by atoms with E-state index in [4.69, 9.17) is 0 Å². The number of nitrogens with one attached hydrogen (secondary N) is 1. The summed E-state index contributed by atoms with van der Waals surface area (Å²) >= 11 is 3.23. The largest absolute Gasteiger partial charge is 0.294 e. The summed E-state index contributed by atoms with van der Waals surface area (Å²) in [5.41, 5.74) is 1.74. The van der Waals surface area contributed by atoms with E-state index in [-0.39, 0.29) is 5.78 Å². The van der Waals surface area contributed by atoms with Gasteiger partial charge in [0.05, 0.1) is 5.56 Å². The molecule has 0 saturated heterocycles. The number of hydrogen-bond donors (Lipinski definition) is 1. The van der Waals surface area contributed by atoms with E-state index in [1.807, 2.05) is 0 Å². The highest BCUT2D eigenvalue weighted by atomic mass is 79.9. The van der Waals surface area contributed by atoms with E-state index in [1.54, 1.807) is 0 Å². The molecule has 0 aliphatic heterocycles. The minimum absolute atomic E-state index is 0.201.